The molecule has 0 aliphatic heterocycles. The molecule has 0 amide bonds. The lowest BCUT2D eigenvalue weighted by Crippen LogP contribution is -2.05. The van der Waals surface area contributed by atoms with Crippen LogP contribution in [-0.2, 0) is 0 Å². The molecule has 0 spiro atoms. The van der Waals surface area contributed by atoms with Crippen LogP contribution in [0.4, 0.5) is 0 Å². The van der Waals surface area contributed by atoms with E-state index in [2.05, 4.69) is 173 Å². The Kier molecular flexibility index (Phi) is 6.59. The van der Waals surface area contributed by atoms with Gasteiger partial charge in [0, 0.05) is 32.8 Å². The number of hydrogen-bond acceptors (Lipinski definition) is 2. The molecule has 3 heterocycles. The van der Waals surface area contributed by atoms with Crippen LogP contribution in [0.3, 0.4) is 0 Å². The van der Waals surface area contributed by atoms with E-state index >= 15 is 0 Å². The summed E-state index contributed by atoms with van der Waals surface area (Å²) in [6.45, 7) is 0. The fraction of sp³-hybridized carbons (Fsp3) is 0.0435. The van der Waals surface area contributed by atoms with Gasteiger partial charge in [-0.15, -0.1) is 0 Å². The Morgan fingerprint density at radius 1 is 0.420 bits per heavy atom. The summed E-state index contributed by atoms with van der Waals surface area (Å²) >= 11 is 0. The van der Waals surface area contributed by atoms with E-state index < -0.39 is 0 Å². The van der Waals surface area contributed by atoms with E-state index in [0.717, 1.165) is 57.7 Å². The standard InChI is InChI=1S/C46H32N4/c1-4-14-31(15-5-1)40-30-41(32-16-6-2-7-17-32)48-46(47-40)50-43-23-13-10-20-36(43)38-26-24-34(29-45(38)50)33-25-27-44-39(28-33)37-21-11-12-22-42(37)49(44)35-18-8-3-9-19-35/h1,3-6,8-30H,2,7H2. The second-order valence-corrected chi connectivity index (χ2v) is 12.9. The van der Waals surface area contributed by atoms with Crippen molar-refractivity contribution in [2.75, 3.05) is 0 Å². The first-order chi connectivity index (χ1) is 24.8. The lowest BCUT2D eigenvalue weighted by Gasteiger charge is -2.13. The highest BCUT2D eigenvalue weighted by Gasteiger charge is 2.19. The maximum absolute atomic E-state index is 5.26. The van der Waals surface area contributed by atoms with Crippen molar-refractivity contribution in [3.05, 3.63) is 176 Å². The molecule has 4 nitrogen and oxygen atoms in total. The summed E-state index contributed by atoms with van der Waals surface area (Å²) in [4.78, 5) is 10.5. The molecule has 236 valence electrons. The molecule has 6 aromatic carbocycles. The zero-order chi connectivity index (χ0) is 33.0. The number of rotatable bonds is 5. The van der Waals surface area contributed by atoms with E-state index in [9.17, 15) is 0 Å². The zero-order valence-corrected chi connectivity index (χ0v) is 27.4. The number of para-hydroxylation sites is 3. The lowest BCUT2D eigenvalue weighted by molar-refractivity contribution is 0.978. The van der Waals surface area contributed by atoms with Gasteiger partial charge in [0.25, 0.3) is 0 Å². The quantitative estimate of drug-likeness (QED) is 0.188. The second kappa shape index (κ2) is 11.6. The Bertz CT molecular complexity index is 2800. The fourth-order valence-corrected chi connectivity index (χ4v) is 7.62. The normalized spacial score (nSPS) is 13.1. The topological polar surface area (TPSA) is 35.6 Å². The maximum atomic E-state index is 5.26. The van der Waals surface area contributed by atoms with Gasteiger partial charge in [-0.25, -0.2) is 9.97 Å². The van der Waals surface area contributed by atoms with Crippen LogP contribution < -0.4 is 0 Å². The number of fused-ring (bicyclic) bond motifs is 6. The number of allylic oxidation sites excluding steroid dienone is 4. The van der Waals surface area contributed by atoms with Gasteiger partial charge >= 0.3 is 0 Å². The smallest absolute Gasteiger partial charge is 0.235 e. The lowest BCUT2D eigenvalue weighted by atomic mass is 10.0. The summed E-state index contributed by atoms with van der Waals surface area (Å²) < 4.78 is 4.61. The fourth-order valence-electron chi connectivity index (χ4n) is 7.62. The van der Waals surface area contributed by atoms with Crippen molar-refractivity contribution in [3.8, 4) is 34.0 Å². The molecule has 9 aromatic rings. The third-order valence-electron chi connectivity index (χ3n) is 9.97. The number of hydrogen-bond donors (Lipinski definition) is 0. The minimum atomic E-state index is 0.672. The summed E-state index contributed by atoms with van der Waals surface area (Å²) in [6.07, 6.45) is 8.79. The molecule has 0 atom stereocenters. The third-order valence-corrected chi connectivity index (χ3v) is 9.97. The van der Waals surface area contributed by atoms with E-state index in [4.69, 9.17) is 9.97 Å². The molecule has 50 heavy (non-hydrogen) atoms. The first-order valence-electron chi connectivity index (χ1n) is 17.2. The van der Waals surface area contributed by atoms with Gasteiger partial charge in [-0.05, 0) is 78.1 Å². The second-order valence-electron chi connectivity index (χ2n) is 12.9. The average molecular weight is 641 g/mol. The minimum Gasteiger partial charge on any atom is -0.309 e. The molecule has 3 aromatic heterocycles. The Morgan fingerprint density at radius 2 is 1.04 bits per heavy atom. The highest BCUT2D eigenvalue weighted by atomic mass is 15.2. The molecule has 1 aliphatic rings. The number of nitrogens with zero attached hydrogens (tertiary/aromatic N) is 4. The van der Waals surface area contributed by atoms with Crippen molar-refractivity contribution in [3.63, 3.8) is 0 Å². The monoisotopic (exact) mass is 640 g/mol. The van der Waals surface area contributed by atoms with Gasteiger partial charge in [0.05, 0.1) is 33.5 Å². The van der Waals surface area contributed by atoms with Gasteiger partial charge in [-0.2, -0.15) is 0 Å². The molecular formula is C46H32N4. The van der Waals surface area contributed by atoms with E-state index in [1.165, 1.54) is 38.1 Å². The summed E-state index contributed by atoms with van der Waals surface area (Å²) in [7, 11) is 0. The van der Waals surface area contributed by atoms with Crippen LogP contribution >= 0.6 is 0 Å². The Hall–Kier alpha value is -6.52. The van der Waals surface area contributed by atoms with E-state index in [1.807, 2.05) is 6.07 Å². The van der Waals surface area contributed by atoms with Crippen molar-refractivity contribution in [1.82, 2.24) is 19.1 Å². The summed E-state index contributed by atoms with van der Waals surface area (Å²) in [6, 6.07) is 54.1. The van der Waals surface area contributed by atoms with Gasteiger partial charge in [-0.3, -0.25) is 4.57 Å². The van der Waals surface area contributed by atoms with Crippen molar-refractivity contribution in [2.45, 2.75) is 12.8 Å². The molecule has 0 saturated carbocycles. The molecule has 0 unspecified atom stereocenters. The van der Waals surface area contributed by atoms with Gasteiger partial charge in [-0.1, -0.05) is 121 Å². The molecule has 0 N–H and O–H groups in total. The predicted molar refractivity (Wildman–Crippen MR) is 208 cm³/mol. The Labute approximate surface area is 289 Å². The van der Waals surface area contributed by atoms with Gasteiger partial charge in [0.1, 0.15) is 0 Å². The molecule has 4 heteroatoms. The van der Waals surface area contributed by atoms with E-state index in [1.54, 1.807) is 0 Å². The number of aromatic nitrogens is 4. The molecule has 1 aliphatic carbocycles. The highest BCUT2D eigenvalue weighted by molar-refractivity contribution is 6.12. The Balaban J connectivity index is 1.20. The average Bonchev–Trinajstić information content (AvgIpc) is 3.71. The van der Waals surface area contributed by atoms with Crippen LogP contribution in [0.1, 0.15) is 18.5 Å². The molecule has 0 fully saturated rings. The summed E-state index contributed by atoms with van der Waals surface area (Å²) in [5.41, 5.74) is 12.1. The van der Waals surface area contributed by atoms with Crippen molar-refractivity contribution >= 4 is 49.2 Å². The van der Waals surface area contributed by atoms with E-state index in [-0.39, 0.29) is 0 Å². The summed E-state index contributed by atoms with van der Waals surface area (Å²) in [5, 5.41) is 4.84. The SMILES string of the molecule is C1=CC(c2cc(-c3ccccc3)nc(-n3c4ccccc4c4ccc(-c5ccc6c(c5)c5ccccc5n6-c5ccccc5)cc43)n2)=CCC1. The van der Waals surface area contributed by atoms with Crippen LogP contribution in [0.2, 0.25) is 0 Å². The largest absolute Gasteiger partial charge is 0.309 e. The molecular weight excluding hydrogens is 609 g/mol. The van der Waals surface area contributed by atoms with Crippen LogP contribution in [0.25, 0.3) is 83.2 Å². The maximum Gasteiger partial charge on any atom is 0.235 e. The van der Waals surface area contributed by atoms with Crippen LogP contribution in [-0.4, -0.2) is 19.1 Å². The zero-order valence-electron chi connectivity index (χ0n) is 27.4. The predicted octanol–water partition coefficient (Wildman–Crippen LogP) is 11.7. The van der Waals surface area contributed by atoms with Gasteiger partial charge in [0.15, 0.2) is 0 Å². The van der Waals surface area contributed by atoms with Crippen LogP contribution in [0.5, 0.6) is 0 Å². The first kappa shape index (κ1) is 28.5. The highest BCUT2D eigenvalue weighted by Crippen LogP contribution is 2.38. The van der Waals surface area contributed by atoms with Gasteiger partial charge in [0.2, 0.25) is 5.95 Å². The summed E-state index contributed by atoms with van der Waals surface area (Å²) in [5.74, 6) is 0.672. The van der Waals surface area contributed by atoms with Crippen molar-refractivity contribution < 1.29 is 0 Å². The molecule has 0 radical (unpaired) electrons. The van der Waals surface area contributed by atoms with E-state index in [0.29, 0.717) is 5.95 Å². The molecule has 0 saturated heterocycles. The van der Waals surface area contributed by atoms with Crippen molar-refractivity contribution in [1.29, 1.82) is 0 Å². The first-order valence-corrected chi connectivity index (χ1v) is 17.2. The Morgan fingerprint density at radius 3 is 1.82 bits per heavy atom. The van der Waals surface area contributed by atoms with Crippen LogP contribution in [0.15, 0.2) is 170 Å². The number of benzene rings is 6. The van der Waals surface area contributed by atoms with Gasteiger partial charge < -0.3 is 4.57 Å². The minimum absolute atomic E-state index is 0.672. The molecule has 0 bridgehead atoms. The third kappa shape index (κ3) is 4.61. The van der Waals surface area contributed by atoms with Crippen molar-refractivity contribution in [2.24, 2.45) is 0 Å². The van der Waals surface area contributed by atoms with Crippen LogP contribution in [0, 0.1) is 0 Å². The molecule has 10 rings (SSSR count).